The zero-order chi connectivity index (χ0) is 24.1. The normalized spacial score (nSPS) is 22.0. The topological polar surface area (TPSA) is 61.9 Å². The number of piperazine rings is 1. The van der Waals surface area contributed by atoms with Crippen molar-refractivity contribution in [2.45, 2.75) is 50.0 Å². The number of methoxy groups -OCH3 is 1. The average Bonchev–Trinajstić information content (AvgIpc) is 2.84. The van der Waals surface area contributed by atoms with Crippen LogP contribution in [0.5, 0.6) is 5.75 Å². The van der Waals surface area contributed by atoms with E-state index in [4.69, 9.17) is 16.3 Å². The van der Waals surface area contributed by atoms with E-state index in [1.54, 1.807) is 19.2 Å². The van der Waals surface area contributed by atoms with Crippen LogP contribution in [0, 0.1) is 12.8 Å². The molecule has 0 aromatic heterocycles. The quantitative estimate of drug-likeness (QED) is 0.563. The van der Waals surface area contributed by atoms with Crippen LogP contribution in [0.2, 0.25) is 5.02 Å². The molecule has 6 nitrogen and oxygen atoms in total. The van der Waals surface area contributed by atoms with E-state index in [1.165, 1.54) is 6.42 Å². The van der Waals surface area contributed by atoms with E-state index >= 15 is 0 Å². The first-order valence-corrected chi connectivity index (χ1v) is 14.1. The Labute approximate surface area is 209 Å². The first-order valence-electron chi connectivity index (χ1n) is 12.2. The molecule has 0 amide bonds. The zero-order valence-electron chi connectivity index (χ0n) is 20.2. The molecule has 0 atom stereocenters. The van der Waals surface area contributed by atoms with Crippen LogP contribution >= 0.6 is 11.6 Å². The van der Waals surface area contributed by atoms with E-state index < -0.39 is 10.0 Å². The molecule has 1 aliphatic heterocycles. The first kappa shape index (κ1) is 25.3. The van der Waals surface area contributed by atoms with Crippen molar-refractivity contribution in [1.82, 2.24) is 9.62 Å². The van der Waals surface area contributed by atoms with Gasteiger partial charge in [0.15, 0.2) is 0 Å². The number of sulfonamides is 1. The van der Waals surface area contributed by atoms with Crippen molar-refractivity contribution in [2.24, 2.45) is 5.92 Å². The SMILES string of the molecule is COc1cc(Cl)ccc1N1CCN(CCC2CCC(NS(=O)(=O)c3ccc(C)cc3)CC2)CC1. The Bertz CT molecular complexity index is 1050. The summed E-state index contributed by atoms with van der Waals surface area (Å²) in [4.78, 5) is 5.28. The minimum atomic E-state index is -3.44. The number of halogens is 1. The molecule has 2 fully saturated rings. The Morgan fingerprint density at radius 1 is 1.00 bits per heavy atom. The molecule has 8 heteroatoms. The number of benzene rings is 2. The third-order valence-corrected chi connectivity index (χ3v) is 8.98. The number of rotatable bonds is 8. The highest BCUT2D eigenvalue weighted by Crippen LogP contribution is 2.32. The molecule has 2 aromatic rings. The first-order chi connectivity index (χ1) is 16.3. The zero-order valence-corrected chi connectivity index (χ0v) is 21.7. The summed E-state index contributed by atoms with van der Waals surface area (Å²) in [5.74, 6) is 1.50. The summed E-state index contributed by atoms with van der Waals surface area (Å²) >= 11 is 6.11. The van der Waals surface area contributed by atoms with Crippen molar-refractivity contribution in [1.29, 1.82) is 0 Å². The van der Waals surface area contributed by atoms with Gasteiger partial charge in [-0.3, -0.25) is 4.90 Å². The predicted octanol–water partition coefficient (Wildman–Crippen LogP) is 4.71. The minimum absolute atomic E-state index is 0.0421. The molecule has 1 N–H and O–H groups in total. The lowest BCUT2D eigenvalue weighted by molar-refractivity contribution is 0.214. The van der Waals surface area contributed by atoms with Gasteiger partial charge in [0, 0.05) is 43.3 Å². The summed E-state index contributed by atoms with van der Waals surface area (Å²) in [7, 11) is -1.75. The van der Waals surface area contributed by atoms with Gasteiger partial charge in [0.05, 0.1) is 17.7 Å². The van der Waals surface area contributed by atoms with Gasteiger partial charge in [0.25, 0.3) is 0 Å². The summed E-state index contributed by atoms with van der Waals surface area (Å²) in [5, 5.41) is 0.692. The molecule has 2 aromatic carbocycles. The molecule has 1 aliphatic carbocycles. The molecule has 186 valence electrons. The highest BCUT2D eigenvalue weighted by Gasteiger charge is 2.27. The lowest BCUT2D eigenvalue weighted by atomic mass is 9.84. The number of nitrogens with zero attached hydrogens (tertiary/aromatic N) is 2. The summed E-state index contributed by atoms with van der Waals surface area (Å²) in [6, 6.07) is 12.9. The van der Waals surface area contributed by atoms with Gasteiger partial charge in [0.1, 0.15) is 5.75 Å². The van der Waals surface area contributed by atoms with E-state index in [0.717, 1.165) is 75.4 Å². The summed E-state index contributed by atoms with van der Waals surface area (Å²) in [5.41, 5.74) is 2.17. The second-order valence-electron chi connectivity index (χ2n) is 9.59. The lowest BCUT2D eigenvalue weighted by Crippen LogP contribution is -2.47. The van der Waals surface area contributed by atoms with Crippen molar-refractivity contribution in [2.75, 3.05) is 44.7 Å². The molecular weight excluding hydrogens is 470 g/mol. The van der Waals surface area contributed by atoms with E-state index in [1.807, 2.05) is 37.3 Å². The molecule has 0 radical (unpaired) electrons. The maximum Gasteiger partial charge on any atom is 0.240 e. The number of ether oxygens (including phenoxy) is 1. The van der Waals surface area contributed by atoms with Crippen molar-refractivity contribution < 1.29 is 13.2 Å². The lowest BCUT2D eigenvalue weighted by Gasteiger charge is -2.37. The fourth-order valence-electron chi connectivity index (χ4n) is 5.06. The van der Waals surface area contributed by atoms with Gasteiger partial charge >= 0.3 is 0 Å². The van der Waals surface area contributed by atoms with E-state index in [9.17, 15) is 8.42 Å². The van der Waals surface area contributed by atoms with Crippen LogP contribution in [-0.4, -0.2) is 59.2 Å². The molecule has 34 heavy (non-hydrogen) atoms. The van der Waals surface area contributed by atoms with E-state index in [0.29, 0.717) is 15.8 Å². The van der Waals surface area contributed by atoms with Gasteiger partial charge in [-0.15, -0.1) is 0 Å². The minimum Gasteiger partial charge on any atom is -0.495 e. The molecule has 0 bridgehead atoms. The molecule has 0 spiro atoms. The maximum absolute atomic E-state index is 12.7. The van der Waals surface area contributed by atoms with Crippen LogP contribution in [0.15, 0.2) is 47.4 Å². The average molecular weight is 506 g/mol. The van der Waals surface area contributed by atoms with Gasteiger partial charge in [-0.05, 0) is 75.8 Å². The largest absolute Gasteiger partial charge is 0.495 e. The fourth-order valence-corrected chi connectivity index (χ4v) is 6.53. The fraction of sp³-hybridized carbons (Fsp3) is 0.538. The Morgan fingerprint density at radius 2 is 1.68 bits per heavy atom. The Morgan fingerprint density at radius 3 is 2.32 bits per heavy atom. The second kappa shape index (κ2) is 11.3. The van der Waals surface area contributed by atoms with Crippen molar-refractivity contribution >= 4 is 27.3 Å². The van der Waals surface area contributed by atoms with Crippen LogP contribution in [0.1, 0.15) is 37.7 Å². The van der Waals surface area contributed by atoms with Gasteiger partial charge < -0.3 is 9.64 Å². The number of hydrogen-bond acceptors (Lipinski definition) is 5. The number of anilines is 1. The van der Waals surface area contributed by atoms with Crippen molar-refractivity contribution in [3.63, 3.8) is 0 Å². The highest BCUT2D eigenvalue weighted by molar-refractivity contribution is 7.89. The summed E-state index contributed by atoms with van der Waals surface area (Å²) < 4.78 is 33.8. The van der Waals surface area contributed by atoms with Gasteiger partial charge in [-0.2, -0.15) is 0 Å². The Kier molecular flexibility index (Phi) is 8.40. The molecule has 4 rings (SSSR count). The predicted molar refractivity (Wildman–Crippen MR) is 139 cm³/mol. The molecular formula is C26H36ClN3O3S. The molecule has 1 saturated heterocycles. The van der Waals surface area contributed by atoms with Crippen molar-refractivity contribution in [3.8, 4) is 5.75 Å². The third kappa shape index (κ3) is 6.45. The molecule has 0 unspecified atom stereocenters. The molecule has 2 aliphatic rings. The summed E-state index contributed by atoms with van der Waals surface area (Å²) in [6.07, 6.45) is 5.19. The van der Waals surface area contributed by atoms with Crippen molar-refractivity contribution in [3.05, 3.63) is 53.1 Å². The Hall–Kier alpha value is -1.80. The van der Waals surface area contributed by atoms with Gasteiger partial charge in [-0.1, -0.05) is 29.3 Å². The standard InChI is InChI=1S/C26H36ClN3O3S/c1-20-3-10-24(11-4-20)34(31,32)28-23-8-5-21(6-9-23)13-14-29-15-17-30(18-16-29)25-12-7-22(27)19-26(25)33-2/h3-4,7,10-12,19,21,23,28H,5-6,8-9,13-18H2,1-2H3. The maximum atomic E-state index is 12.7. The number of nitrogens with one attached hydrogen (secondary N) is 1. The smallest absolute Gasteiger partial charge is 0.240 e. The van der Waals surface area contributed by atoms with E-state index in [-0.39, 0.29) is 6.04 Å². The highest BCUT2D eigenvalue weighted by atomic mass is 35.5. The van der Waals surface area contributed by atoms with Crippen LogP contribution in [0.3, 0.4) is 0 Å². The van der Waals surface area contributed by atoms with Crippen LogP contribution < -0.4 is 14.4 Å². The molecule has 1 saturated carbocycles. The second-order valence-corrected chi connectivity index (χ2v) is 11.7. The van der Waals surface area contributed by atoms with Crippen LogP contribution in [-0.2, 0) is 10.0 Å². The molecule has 1 heterocycles. The monoisotopic (exact) mass is 505 g/mol. The van der Waals surface area contributed by atoms with Gasteiger partial charge in [-0.25, -0.2) is 13.1 Å². The van der Waals surface area contributed by atoms with Gasteiger partial charge in [0.2, 0.25) is 10.0 Å². The van der Waals surface area contributed by atoms with E-state index in [2.05, 4.69) is 14.5 Å². The Balaban J connectivity index is 1.18. The third-order valence-electron chi connectivity index (χ3n) is 7.21. The number of hydrogen-bond donors (Lipinski definition) is 1. The van der Waals surface area contributed by atoms with Crippen LogP contribution in [0.25, 0.3) is 0 Å². The van der Waals surface area contributed by atoms with Crippen LogP contribution in [0.4, 0.5) is 5.69 Å². The number of aryl methyl sites for hydroxylation is 1. The summed E-state index contributed by atoms with van der Waals surface area (Å²) in [6.45, 7) is 7.10.